The van der Waals surface area contributed by atoms with Crippen LogP contribution in [0, 0.1) is 5.92 Å². The van der Waals surface area contributed by atoms with Crippen LogP contribution in [0.4, 0.5) is 5.82 Å². The molecule has 1 aliphatic heterocycles. The van der Waals surface area contributed by atoms with Crippen molar-refractivity contribution in [1.82, 2.24) is 14.9 Å². The number of anilines is 1. The number of fused-ring (bicyclic) bond motifs is 3. The second-order valence-corrected chi connectivity index (χ2v) is 10.5. The highest BCUT2D eigenvalue weighted by atomic mass is 32.1. The van der Waals surface area contributed by atoms with E-state index < -0.39 is 0 Å². The second kappa shape index (κ2) is 8.45. The van der Waals surface area contributed by atoms with Crippen LogP contribution in [0.2, 0.25) is 0 Å². The van der Waals surface area contributed by atoms with Gasteiger partial charge in [0.2, 0.25) is 5.91 Å². The molecule has 5 rings (SSSR count). The molecule has 5 nitrogen and oxygen atoms in total. The number of aromatic nitrogens is 2. The summed E-state index contributed by atoms with van der Waals surface area (Å²) in [5.41, 5.74) is 1.51. The molecule has 0 N–H and O–H groups in total. The Morgan fingerprint density at radius 3 is 2.53 bits per heavy atom. The summed E-state index contributed by atoms with van der Waals surface area (Å²) in [5.74, 6) is 3.18. The van der Waals surface area contributed by atoms with E-state index in [2.05, 4.69) is 23.6 Å². The maximum atomic E-state index is 12.9. The van der Waals surface area contributed by atoms with Crippen LogP contribution in [0.15, 0.2) is 0 Å². The Bertz CT molecular complexity index is 925. The van der Waals surface area contributed by atoms with Crippen molar-refractivity contribution in [2.45, 2.75) is 77.6 Å². The van der Waals surface area contributed by atoms with Gasteiger partial charge in [-0.1, -0.05) is 26.7 Å². The van der Waals surface area contributed by atoms with E-state index in [1.807, 2.05) is 11.3 Å². The predicted molar refractivity (Wildman–Crippen MR) is 124 cm³/mol. The molecule has 1 saturated carbocycles. The van der Waals surface area contributed by atoms with Crippen molar-refractivity contribution in [3.63, 3.8) is 0 Å². The Morgan fingerprint density at radius 2 is 1.80 bits per heavy atom. The van der Waals surface area contributed by atoms with Gasteiger partial charge >= 0.3 is 0 Å². The maximum Gasteiger partial charge on any atom is 0.225 e. The predicted octanol–water partition coefficient (Wildman–Crippen LogP) is 4.92. The number of carbonyl (C=O) groups excluding carboxylic acids is 1. The van der Waals surface area contributed by atoms with E-state index in [1.54, 1.807) is 0 Å². The maximum absolute atomic E-state index is 12.9. The summed E-state index contributed by atoms with van der Waals surface area (Å²) in [5, 5.41) is 1.32. The van der Waals surface area contributed by atoms with Crippen LogP contribution >= 0.6 is 11.3 Å². The largest absolute Gasteiger partial charge is 0.352 e. The summed E-state index contributed by atoms with van der Waals surface area (Å²) < 4.78 is 0. The number of hydrogen-bond donors (Lipinski definition) is 0. The topological polar surface area (TPSA) is 49.3 Å². The minimum atomic E-state index is 0.281. The van der Waals surface area contributed by atoms with Crippen LogP contribution in [0.3, 0.4) is 0 Å². The molecule has 1 saturated heterocycles. The summed E-state index contributed by atoms with van der Waals surface area (Å²) in [6.45, 7) is 7.86. The molecule has 2 fully saturated rings. The minimum Gasteiger partial charge on any atom is -0.352 e. The average Bonchev–Trinajstić information content (AvgIpc) is 3.45. The zero-order chi connectivity index (χ0) is 20.7. The van der Waals surface area contributed by atoms with Crippen LogP contribution in [0.1, 0.15) is 81.0 Å². The van der Waals surface area contributed by atoms with Crippen molar-refractivity contribution in [2.75, 3.05) is 31.1 Å². The van der Waals surface area contributed by atoms with Gasteiger partial charge in [0.25, 0.3) is 0 Å². The third-order valence-electron chi connectivity index (χ3n) is 7.46. The Labute approximate surface area is 183 Å². The van der Waals surface area contributed by atoms with Crippen LogP contribution in [0.5, 0.6) is 0 Å². The fourth-order valence-electron chi connectivity index (χ4n) is 5.36. The highest BCUT2D eigenvalue weighted by molar-refractivity contribution is 7.19. The van der Waals surface area contributed by atoms with E-state index in [0.717, 1.165) is 63.5 Å². The number of nitrogens with zero attached hydrogens (tertiary/aromatic N) is 4. The molecular weight excluding hydrogens is 392 g/mol. The summed E-state index contributed by atoms with van der Waals surface area (Å²) in [6.07, 6.45) is 10.6. The number of piperazine rings is 1. The Hall–Kier alpha value is -1.69. The van der Waals surface area contributed by atoms with Gasteiger partial charge in [0.05, 0.1) is 5.39 Å². The molecule has 30 heavy (non-hydrogen) atoms. The number of amides is 1. The zero-order valence-electron chi connectivity index (χ0n) is 18.5. The van der Waals surface area contributed by atoms with Gasteiger partial charge in [0.1, 0.15) is 16.5 Å². The lowest BCUT2D eigenvalue weighted by atomic mass is 9.96. The number of aryl methyl sites for hydroxylation is 2. The van der Waals surface area contributed by atoms with Crippen molar-refractivity contribution in [2.24, 2.45) is 5.92 Å². The van der Waals surface area contributed by atoms with Gasteiger partial charge in [-0.2, -0.15) is 0 Å². The summed E-state index contributed by atoms with van der Waals surface area (Å²) >= 11 is 1.90. The van der Waals surface area contributed by atoms with Crippen LogP contribution in [0.25, 0.3) is 10.2 Å². The number of thiophene rings is 1. The molecule has 1 amide bonds. The van der Waals surface area contributed by atoms with E-state index in [4.69, 9.17) is 9.97 Å². The Morgan fingerprint density at radius 1 is 1.07 bits per heavy atom. The highest BCUT2D eigenvalue weighted by Crippen LogP contribution is 2.41. The lowest BCUT2D eigenvalue weighted by molar-refractivity contribution is -0.135. The molecule has 0 bridgehead atoms. The van der Waals surface area contributed by atoms with Gasteiger partial charge in [-0.15, -0.1) is 11.3 Å². The van der Waals surface area contributed by atoms with E-state index in [-0.39, 0.29) is 5.92 Å². The summed E-state index contributed by atoms with van der Waals surface area (Å²) in [7, 11) is 0. The van der Waals surface area contributed by atoms with Crippen molar-refractivity contribution < 1.29 is 4.79 Å². The standard InChI is InChI=1S/C24H34N4OS/c1-3-16(2)21-25-22(20-18-10-6-7-11-19(18)30-23(20)26-21)27-12-14-28(15-13-27)24(29)17-8-4-5-9-17/h16-17H,3-15H2,1-2H3/t16-/m0/s1. The molecule has 2 aliphatic carbocycles. The van der Waals surface area contributed by atoms with Gasteiger partial charge in [0, 0.05) is 42.9 Å². The lowest BCUT2D eigenvalue weighted by Crippen LogP contribution is -2.50. The molecule has 1 atom stereocenters. The fourth-order valence-corrected chi connectivity index (χ4v) is 6.62. The lowest BCUT2D eigenvalue weighted by Gasteiger charge is -2.37. The van der Waals surface area contributed by atoms with Gasteiger partial charge in [-0.05, 0) is 50.5 Å². The normalized spacial score (nSPS) is 21.3. The molecule has 2 aromatic heterocycles. The van der Waals surface area contributed by atoms with E-state index in [9.17, 15) is 4.79 Å². The molecule has 2 aromatic rings. The first kappa shape index (κ1) is 20.2. The van der Waals surface area contributed by atoms with E-state index in [1.165, 1.54) is 52.8 Å². The van der Waals surface area contributed by atoms with Gasteiger partial charge in [0.15, 0.2) is 0 Å². The molecule has 0 radical (unpaired) electrons. The van der Waals surface area contributed by atoms with E-state index in [0.29, 0.717) is 11.8 Å². The number of carbonyl (C=O) groups is 1. The number of rotatable bonds is 4. The van der Waals surface area contributed by atoms with Gasteiger partial charge in [-0.3, -0.25) is 4.79 Å². The first-order valence-corrected chi connectivity index (χ1v) is 12.8. The molecule has 3 aliphatic rings. The van der Waals surface area contributed by atoms with Crippen molar-refractivity contribution >= 4 is 33.3 Å². The van der Waals surface area contributed by atoms with Crippen LogP contribution in [-0.4, -0.2) is 47.0 Å². The Balaban J connectivity index is 1.44. The smallest absolute Gasteiger partial charge is 0.225 e. The molecular formula is C24H34N4OS. The monoisotopic (exact) mass is 426 g/mol. The Kier molecular flexibility index (Phi) is 5.69. The fraction of sp³-hybridized carbons (Fsp3) is 0.708. The van der Waals surface area contributed by atoms with Crippen LogP contribution < -0.4 is 4.90 Å². The summed E-state index contributed by atoms with van der Waals surface area (Å²) in [4.78, 5) is 30.3. The quantitative estimate of drug-likeness (QED) is 0.696. The minimum absolute atomic E-state index is 0.281. The molecule has 0 unspecified atom stereocenters. The first-order valence-electron chi connectivity index (χ1n) is 12.0. The third-order valence-corrected chi connectivity index (χ3v) is 8.65. The first-order chi connectivity index (χ1) is 14.7. The zero-order valence-corrected chi connectivity index (χ0v) is 19.3. The molecule has 3 heterocycles. The number of hydrogen-bond acceptors (Lipinski definition) is 5. The molecule has 0 aromatic carbocycles. The van der Waals surface area contributed by atoms with Crippen LogP contribution in [-0.2, 0) is 17.6 Å². The average molecular weight is 427 g/mol. The van der Waals surface area contributed by atoms with Gasteiger partial charge < -0.3 is 9.80 Å². The molecule has 162 valence electrons. The SMILES string of the molecule is CC[C@H](C)c1nc(N2CCN(C(=O)C3CCCC3)CC2)c2c3c(sc2n1)CCCC3. The van der Waals surface area contributed by atoms with Crippen molar-refractivity contribution in [3.8, 4) is 0 Å². The van der Waals surface area contributed by atoms with E-state index >= 15 is 0 Å². The molecule has 6 heteroatoms. The third kappa shape index (κ3) is 3.61. The molecule has 0 spiro atoms. The van der Waals surface area contributed by atoms with Gasteiger partial charge in [-0.25, -0.2) is 9.97 Å². The van der Waals surface area contributed by atoms with Crippen molar-refractivity contribution in [1.29, 1.82) is 0 Å². The summed E-state index contributed by atoms with van der Waals surface area (Å²) in [6, 6.07) is 0. The highest BCUT2D eigenvalue weighted by Gasteiger charge is 2.31. The second-order valence-electron chi connectivity index (χ2n) is 9.40. The van der Waals surface area contributed by atoms with Crippen molar-refractivity contribution in [3.05, 3.63) is 16.3 Å².